The quantitative estimate of drug-likeness (QED) is 0.674. The van der Waals surface area contributed by atoms with Crippen molar-refractivity contribution in [3.63, 3.8) is 0 Å². The van der Waals surface area contributed by atoms with Crippen molar-refractivity contribution in [1.29, 1.82) is 0 Å². The van der Waals surface area contributed by atoms with E-state index in [0.717, 1.165) is 12.0 Å². The number of ether oxygens (including phenoxy) is 1. The Hall–Kier alpha value is -0.0800. The molecule has 0 amide bonds. The lowest BCUT2D eigenvalue weighted by atomic mass is 9.95. The van der Waals surface area contributed by atoms with Crippen LogP contribution in [0, 0.1) is 5.41 Å². The zero-order valence-corrected chi connectivity index (χ0v) is 11.7. The van der Waals surface area contributed by atoms with Crippen LogP contribution in [-0.4, -0.2) is 37.2 Å². The summed E-state index contributed by atoms with van der Waals surface area (Å²) < 4.78 is 5.70. The van der Waals surface area contributed by atoms with Crippen LogP contribution in [-0.2, 0) is 4.74 Å². The Morgan fingerprint density at radius 2 is 1.82 bits per heavy atom. The minimum atomic E-state index is 0.543. The SMILES string of the molecule is CCCC1(CCN2CCC(OCC)CC2)CC1. The first-order valence-corrected chi connectivity index (χ1v) is 7.62. The molecule has 0 spiro atoms. The van der Waals surface area contributed by atoms with E-state index in [1.807, 2.05) is 0 Å². The van der Waals surface area contributed by atoms with Crippen molar-refractivity contribution < 1.29 is 4.74 Å². The van der Waals surface area contributed by atoms with E-state index >= 15 is 0 Å². The molecule has 1 saturated carbocycles. The first-order chi connectivity index (χ1) is 8.28. The minimum Gasteiger partial charge on any atom is -0.378 e. The van der Waals surface area contributed by atoms with Crippen LogP contribution in [0.15, 0.2) is 0 Å². The normalized spacial score (nSPS) is 25.1. The zero-order chi connectivity index (χ0) is 12.1. The van der Waals surface area contributed by atoms with Crippen LogP contribution < -0.4 is 0 Å². The van der Waals surface area contributed by atoms with Gasteiger partial charge in [-0.25, -0.2) is 0 Å². The number of hydrogen-bond acceptors (Lipinski definition) is 2. The second kappa shape index (κ2) is 6.19. The van der Waals surface area contributed by atoms with Gasteiger partial charge in [-0.2, -0.15) is 0 Å². The molecule has 0 aromatic rings. The van der Waals surface area contributed by atoms with E-state index in [9.17, 15) is 0 Å². The first kappa shape index (κ1) is 13.4. The monoisotopic (exact) mass is 239 g/mol. The third-order valence-corrected chi connectivity index (χ3v) is 4.63. The topological polar surface area (TPSA) is 12.5 Å². The smallest absolute Gasteiger partial charge is 0.0599 e. The summed E-state index contributed by atoms with van der Waals surface area (Å²) in [4.78, 5) is 2.66. The van der Waals surface area contributed by atoms with Gasteiger partial charge in [0.25, 0.3) is 0 Å². The molecular weight excluding hydrogens is 210 g/mol. The Balaban J connectivity index is 1.62. The third-order valence-electron chi connectivity index (χ3n) is 4.63. The van der Waals surface area contributed by atoms with Gasteiger partial charge in [-0.3, -0.25) is 0 Å². The Labute approximate surface area is 107 Å². The fourth-order valence-corrected chi connectivity index (χ4v) is 3.26. The second-order valence-electron chi connectivity index (χ2n) is 6.00. The number of piperidine rings is 1. The van der Waals surface area contributed by atoms with Crippen LogP contribution in [0.3, 0.4) is 0 Å². The van der Waals surface area contributed by atoms with Gasteiger partial charge in [0, 0.05) is 19.7 Å². The molecule has 1 aliphatic carbocycles. The number of nitrogens with zero attached hydrogens (tertiary/aromatic N) is 1. The Morgan fingerprint density at radius 1 is 1.12 bits per heavy atom. The van der Waals surface area contributed by atoms with Gasteiger partial charge >= 0.3 is 0 Å². The maximum atomic E-state index is 5.70. The van der Waals surface area contributed by atoms with Crippen LogP contribution >= 0.6 is 0 Å². The molecule has 2 aliphatic rings. The zero-order valence-electron chi connectivity index (χ0n) is 11.7. The summed E-state index contributed by atoms with van der Waals surface area (Å²) in [5.74, 6) is 0. The molecule has 0 radical (unpaired) electrons. The summed E-state index contributed by atoms with van der Waals surface area (Å²) in [6, 6.07) is 0. The van der Waals surface area contributed by atoms with E-state index in [4.69, 9.17) is 4.74 Å². The molecule has 1 heterocycles. The lowest BCUT2D eigenvalue weighted by Crippen LogP contribution is -2.38. The maximum Gasteiger partial charge on any atom is 0.0599 e. The van der Waals surface area contributed by atoms with Gasteiger partial charge in [0.1, 0.15) is 0 Å². The van der Waals surface area contributed by atoms with E-state index in [1.165, 1.54) is 64.6 Å². The highest BCUT2D eigenvalue weighted by atomic mass is 16.5. The van der Waals surface area contributed by atoms with Crippen molar-refractivity contribution in [3.05, 3.63) is 0 Å². The largest absolute Gasteiger partial charge is 0.378 e. The molecule has 2 nitrogen and oxygen atoms in total. The van der Waals surface area contributed by atoms with Crippen molar-refractivity contribution in [2.75, 3.05) is 26.2 Å². The van der Waals surface area contributed by atoms with Gasteiger partial charge in [0.15, 0.2) is 0 Å². The van der Waals surface area contributed by atoms with E-state index in [0.29, 0.717) is 6.10 Å². The molecule has 1 aliphatic heterocycles. The van der Waals surface area contributed by atoms with Crippen molar-refractivity contribution in [3.8, 4) is 0 Å². The Bertz CT molecular complexity index is 217. The molecule has 2 fully saturated rings. The highest BCUT2D eigenvalue weighted by molar-refractivity contribution is 4.93. The van der Waals surface area contributed by atoms with E-state index in [-0.39, 0.29) is 0 Å². The van der Waals surface area contributed by atoms with E-state index in [1.54, 1.807) is 0 Å². The molecule has 2 heteroatoms. The van der Waals surface area contributed by atoms with Crippen LogP contribution in [0.25, 0.3) is 0 Å². The van der Waals surface area contributed by atoms with Gasteiger partial charge in [-0.05, 0) is 57.4 Å². The average Bonchev–Trinajstić information content (AvgIpc) is 3.10. The number of likely N-dealkylation sites (tertiary alicyclic amines) is 1. The van der Waals surface area contributed by atoms with Gasteiger partial charge in [-0.1, -0.05) is 13.3 Å². The fourth-order valence-electron chi connectivity index (χ4n) is 3.26. The van der Waals surface area contributed by atoms with Gasteiger partial charge < -0.3 is 9.64 Å². The summed E-state index contributed by atoms with van der Waals surface area (Å²) in [7, 11) is 0. The minimum absolute atomic E-state index is 0.543. The summed E-state index contributed by atoms with van der Waals surface area (Å²) in [6.45, 7) is 9.16. The van der Waals surface area contributed by atoms with Crippen LogP contribution in [0.1, 0.15) is 58.8 Å². The maximum absolute atomic E-state index is 5.70. The van der Waals surface area contributed by atoms with E-state index < -0.39 is 0 Å². The number of hydrogen-bond donors (Lipinski definition) is 0. The number of rotatable bonds is 7. The average molecular weight is 239 g/mol. The van der Waals surface area contributed by atoms with Crippen molar-refractivity contribution in [2.45, 2.75) is 64.9 Å². The lowest BCUT2D eigenvalue weighted by molar-refractivity contribution is 0.0129. The van der Waals surface area contributed by atoms with E-state index in [2.05, 4.69) is 18.7 Å². The summed E-state index contributed by atoms with van der Waals surface area (Å²) in [5.41, 5.74) is 0.769. The predicted octanol–water partition coefficient (Wildman–Crippen LogP) is 3.46. The molecule has 0 unspecified atom stereocenters. The van der Waals surface area contributed by atoms with Crippen molar-refractivity contribution >= 4 is 0 Å². The van der Waals surface area contributed by atoms with Crippen LogP contribution in [0.5, 0.6) is 0 Å². The summed E-state index contributed by atoms with van der Waals surface area (Å²) >= 11 is 0. The highest BCUT2D eigenvalue weighted by Crippen LogP contribution is 2.52. The van der Waals surface area contributed by atoms with Gasteiger partial charge in [-0.15, -0.1) is 0 Å². The second-order valence-corrected chi connectivity index (χ2v) is 6.00. The Morgan fingerprint density at radius 3 is 2.35 bits per heavy atom. The Kier molecular flexibility index (Phi) is 4.87. The molecular formula is C15H29NO. The molecule has 2 rings (SSSR count). The standard InChI is InChI=1S/C15H29NO/c1-3-7-15(8-9-15)10-13-16-11-5-14(6-12-16)17-4-2/h14H,3-13H2,1-2H3. The third kappa shape index (κ3) is 3.96. The molecule has 0 bridgehead atoms. The van der Waals surface area contributed by atoms with Gasteiger partial charge in [0.2, 0.25) is 0 Å². The van der Waals surface area contributed by atoms with Crippen molar-refractivity contribution in [2.24, 2.45) is 5.41 Å². The van der Waals surface area contributed by atoms with Crippen LogP contribution in [0.4, 0.5) is 0 Å². The molecule has 17 heavy (non-hydrogen) atoms. The molecule has 1 saturated heterocycles. The molecule has 0 atom stereocenters. The predicted molar refractivity (Wildman–Crippen MR) is 72.3 cm³/mol. The first-order valence-electron chi connectivity index (χ1n) is 7.62. The van der Waals surface area contributed by atoms with Gasteiger partial charge in [0.05, 0.1) is 6.10 Å². The summed E-state index contributed by atoms with van der Waals surface area (Å²) in [5, 5.41) is 0. The van der Waals surface area contributed by atoms with Crippen molar-refractivity contribution in [1.82, 2.24) is 4.90 Å². The molecule has 100 valence electrons. The summed E-state index contributed by atoms with van der Waals surface area (Å²) in [6.07, 6.45) is 10.3. The molecule has 0 aromatic carbocycles. The molecule has 0 N–H and O–H groups in total. The fraction of sp³-hybridized carbons (Fsp3) is 1.00. The van der Waals surface area contributed by atoms with Crippen LogP contribution in [0.2, 0.25) is 0 Å². The molecule has 0 aromatic heterocycles. The lowest BCUT2D eigenvalue weighted by Gasteiger charge is -2.32. The highest BCUT2D eigenvalue weighted by Gasteiger charge is 2.41.